The SMILES string of the molecule is NC(=O)C1CC(C(=O)Nc2ccccc2OCCn2ccnc2)=NN1c1ccc(F)cc1. The van der Waals surface area contributed by atoms with Gasteiger partial charge in [0.1, 0.15) is 29.9 Å². The Morgan fingerprint density at radius 1 is 1.19 bits per heavy atom. The molecule has 32 heavy (non-hydrogen) atoms. The van der Waals surface area contributed by atoms with E-state index in [-0.39, 0.29) is 12.1 Å². The van der Waals surface area contributed by atoms with Gasteiger partial charge < -0.3 is 20.4 Å². The molecule has 2 amide bonds. The number of hydrazone groups is 1. The van der Waals surface area contributed by atoms with Gasteiger partial charge in [0.15, 0.2) is 0 Å². The van der Waals surface area contributed by atoms with Crippen LogP contribution < -0.4 is 20.8 Å². The summed E-state index contributed by atoms with van der Waals surface area (Å²) < 4.78 is 20.9. The predicted octanol–water partition coefficient (Wildman–Crippen LogP) is 2.16. The highest BCUT2D eigenvalue weighted by molar-refractivity contribution is 6.44. The highest BCUT2D eigenvalue weighted by atomic mass is 19.1. The number of hydrogen-bond donors (Lipinski definition) is 2. The third-order valence-electron chi connectivity index (χ3n) is 4.89. The van der Waals surface area contributed by atoms with E-state index in [2.05, 4.69) is 15.4 Å². The Labute approximate surface area is 183 Å². The fourth-order valence-corrected chi connectivity index (χ4v) is 3.27. The van der Waals surface area contributed by atoms with Gasteiger partial charge in [-0.05, 0) is 36.4 Å². The predicted molar refractivity (Wildman–Crippen MR) is 117 cm³/mol. The second kappa shape index (κ2) is 9.29. The van der Waals surface area contributed by atoms with E-state index < -0.39 is 23.7 Å². The summed E-state index contributed by atoms with van der Waals surface area (Å²) in [6.07, 6.45) is 5.24. The Bertz CT molecular complexity index is 1130. The Morgan fingerprint density at radius 2 is 1.97 bits per heavy atom. The minimum Gasteiger partial charge on any atom is -0.490 e. The van der Waals surface area contributed by atoms with Crippen molar-refractivity contribution in [1.29, 1.82) is 0 Å². The molecule has 0 aliphatic carbocycles. The van der Waals surface area contributed by atoms with E-state index in [0.717, 1.165) is 0 Å². The van der Waals surface area contributed by atoms with Crippen LogP contribution in [-0.4, -0.2) is 39.7 Å². The summed E-state index contributed by atoms with van der Waals surface area (Å²) in [5, 5.41) is 8.40. The van der Waals surface area contributed by atoms with Gasteiger partial charge in [-0.15, -0.1) is 0 Å². The second-order valence-corrected chi connectivity index (χ2v) is 7.09. The first kappa shape index (κ1) is 21.0. The molecule has 1 atom stereocenters. The van der Waals surface area contributed by atoms with Crippen molar-refractivity contribution >= 4 is 28.9 Å². The quantitative estimate of drug-likeness (QED) is 0.562. The minimum absolute atomic E-state index is 0.0300. The molecular formula is C22H21FN6O3. The van der Waals surface area contributed by atoms with Gasteiger partial charge >= 0.3 is 0 Å². The van der Waals surface area contributed by atoms with Crippen LogP contribution in [0.25, 0.3) is 0 Å². The normalized spacial score (nSPS) is 15.3. The zero-order chi connectivity index (χ0) is 22.5. The number of anilines is 2. The molecule has 2 heterocycles. The van der Waals surface area contributed by atoms with Gasteiger partial charge in [-0.1, -0.05) is 12.1 Å². The molecule has 3 aromatic rings. The molecule has 0 radical (unpaired) electrons. The smallest absolute Gasteiger partial charge is 0.272 e. The van der Waals surface area contributed by atoms with Crippen LogP contribution in [0.1, 0.15) is 6.42 Å². The monoisotopic (exact) mass is 436 g/mol. The number of nitrogens with zero attached hydrogens (tertiary/aromatic N) is 4. The number of ether oxygens (including phenoxy) is 1. The lowest BCUT2D eigenvalue weighted by atomic mass is 10.1. The maximum atomic E-state index is 13.3. The van der Waals surface area contributed by atoms with Gasteiger partial charge in [-0.3, -0.25) is 14.6 Å². The van der Waals surface area contributed by atoms with Crippen LogP contribution in [0.4, 0.5) is 15.8 Å². The number of hydrogen-bond acceptors (Lipinski definition) is 6. The topological polar surface area (TPSA) is 115 Å². The molecule has 0 saturated heterocycles. The fourth-order valence-electron chi connectivity index (χ4n) is 3.27. The van der Waals surface area contributed by atoms with E-state index in [9.17, 15) is 14.0 Å². The maximum Gasteiger partial charge on any atom is 0.272 e. The molecule has 3 N–H and O–H groups in total. The summed E-state index contributed by atoms with van der Waals surface area (Å²) in [6, 6.07) is 11.6. The number of imidazole rings is 1. The van der Waals surface area contributed by atoms with Crippen LogP contribution in [0.15, 0.2) is 72.4 Å². The second-order valence-electron chi connectivity index (χ2n) is 7.09. The zero-order valence-corrected chi connectivity index (χ0v) is 17.0. The first-order chi connectivity index (χ1) is 15.5. The standard InChI is InChI=1S/C22H21FN6O3/c23-15-5-7-16(8-6-15)29-19(21(24)30)13-18(27-29)22(31)26-17-3-1-2-4-20(17)32-12-11-28-10-9-25-14-28/h1-10,14,19H,11-13H2,(H2,24,30)(H,26,31). The Morgan fingerprint density at radius 3 is 2.69 bits per heavy atom. The molecule has 4 rings (SSSR count). The summed E-state index contributed by atoms with van der Waals surface area (Å²) in [4.78, 5) is 28.8. The van der Waals surface area contributed by atoms with Crippen LogP contribution in [0, 0.1) is 5.82 Å². The molecule has 1 aromatic heterocycles. The number of nitrogens with one attached hydrogen (secondary N) is 1. The molecule has 1 aliphatic heterocycles. The fraction of sp³-hybridized carbons (Fsp3) is 0.182. The lowest BCUT2D eigenvalue weighted by molar-refractivity contribution is -0.119. The molecule has 0 spiro atoms. The van der Waals surface area contributed by atoms with E-state index in [4.69, 9.17) is 10.5 Å². The van der Waals surface area contributed by atoms with E-state index in [1.54, 1.807) is 36.8 Å². The van der Waals surface area contributed by atoms with Gasteiger partial charge in [0.05, 0.1) is 24.2 Å². The van der Waals surface area contributed by atoms with Crippen LogP contribution >= 0.6 is 0 Å². The molecular weight excluding hydrogens is 415 g/mol. The van der Waals surface area contributed by atoms with Crippen molar-refractivity contribution in [2.45, 2.75) is 19.0 Å². The molecule has 0 fully saturated rings. The van der Waals surface area contributed by atoms with E-state index >= 15 is 0 Å². The summed E-state index contributed by atoms with van der Waals surface area (Å²) in [5.74, 6) is -1.04. The van der Waals surface area contributed by atoms with Crippen LogP contribution in [0.2, 0.25) is 0 Å². The van der Waals surface area contributed by atoms with Crippen LogP contribution in [0.3, 0.4) is 0 Å². The largest absolute Gasteiger partial charge is 0.490 e. The number of rotatable bonds is 8. The van der Waals surface area contributed by atoms with Gasteiger partial charge in [-0.25, -0.2) is 9.37 Å². The van der Waals surface area contributed by atoms with Crippen molar-refractivity contribution in [3.63, 3.8) is 0 Å². The minimum atomic E-state index is -0.845. The van der Waals surface area contributed by atoms with Gasteiger partial charge in [-0.2, -0.15) is 5.10 Å². The van der Waals surface area contributed by atoms with E-state index in [0.29, 0.717) is 30.3 Å². The number of aromatic nitrogens is 2. The first-order valence-corrected chi connectivity index (χ1v) is 9.92. The third-order valence-corrected chi connectivity index (χ3v) is 4.89. The number of nitrogens with two attached hydrogens (primary N) is 1. The highest BCUT2D eigenvalue weighted by Crippen LogP contribution is 2.27. The van der Waals surface area contributed by atoms with Crippen LogP contribution in [0.5, 0.6) is 5.75 Å². The first-order valence-electron chi connectivity index (χ1n) is 9.92. The lowest BCUT2D eigenvalue weighted by Gasteiger charge is -2.20. The van der Waals surface area contributed by atoms with Gasteiger partial charge in [0.25, 0.3) is 5.91 Å². The number of para-hydroxylation sites is 2. The van der Waals surface area contributed by atoms with Crippen molar-refractivity contribution in [1.82, 2.24) is 9.55 Å². The summed E-state index contributed by atoms with van der Waals surface area (Å²) in [7, 11) is 0. The average Bonchev–Trinajstić information content (AvgIpc) is 3.46. The van der Waals surface area contributed by atoms with Gasteiger partial charge in [0, 0.05) is 18.8 Å². The number of primary amides is 1. The summed E-state index contributed by atoms with van der Waals surface area (Å²) in [5.41, 5.74) is 6.57. The molecule has 2 aromatic carbocycles. The molecule has 1 aliphatic rings. The molecule has 9 nitrogen and oxygen atoms in total. The molecule has 164 valence electrons. The number of amides is 2. The Kier molecular flexibility index (Phi) is 6.11. The summed E-state index contributed by atoms with van der Waals surface area (Å²) >= 11 is 0. The van der Waals surface area contributed by atoms with Crippen LogP contribution in [-0.2, 0) is 16.1 Å². The number of carbonyl (C=O) groups excluding carboxylic acids is 2. The third kappa shape index (κ3) is 4.75. The average molecular weight is 436 g/mol. The Hall–Kier alpha value is -4.21. The van der Waals surface area contributed by atoms with Crippen molar-refractivity contribution in [3.8, 4) is 5.75 Å². The number of carbonyl (C=O) groups is 2. The van der Waals surface area contributed by atoms with Gasteiger partial charge in [0.2, 0.25) is 5.91 Å². The van der Waals surface area contributed by atoms with E-state index in [1.807, 2.05) is 10.8 Å². The van der Waals surface area contributed by atoms with E-state index in [1.165, 1.54) is 29.3 Å². The van der Waals surface area contributed by atoms with Crippen molar-refractivity contribution in [2.24, 2.45) is 10.8 Å². The highest BCUT2D eigenvalue weighted by Gasteiger charge is 2.35. The maximum absolute atomic E-state index is 13.3. The van der Waals surface area contributed by atoms with Crippen molar-refractivity contribution in [2.75, 3.05) is 16.9 Å². The molecule has 0 bridgehead atoms. The molecule has 0 saturated carbocycles. The lowest BCUT2D eigenvalue weighted by Crippen LogP contribution is -2.39. The number of halogens is 1. The zero-order valence-electron chi connectivity index (χ0n) is 17.0. The Balaban J connectivity index is 1.47. The molecule has 1 unspecified atom stereocenters. The molecule has 10 heteroatoms. The number of benzene rings is 2. The van der Waals surface area contributed by atoms with Crippen molar-refractivity contribution < 1.29 is 18.7 Å². The summed E-state index contributed by atoms with van der Waals surface area (Å²) in [6.45, 7) is 0.980. The van der Waals surface area contributed by atoms with Crippen molar-refractivity contribution in [3.05, 3.63) is 73.1 Å².